The predicted octanol–water partition coefficient (Wildman–Crippen LogP) is 4.05. The molecule has 0 aliphatic carbocycles. The Morgan fingerprint density at radius 1 is 0.964 bits per heavy atom. The molecule has 0 saturated carbocycles. The van der Waals surface area contributed by atoms with Crippen LogP contribution < -0.4 is 10.1 Å². The van der Waals surface area contributed by atoms with Gasteiger partial charge in [0.1, 0.15) is 18.1 Å². The van der Waals surface area contributed by atoms with Crippen molar-refractivity contribution in [3.8, 4) is 5.75 Å². The van der Waals surface area contributed by atoms with Gasteiger partial charge in [0, 0.05) is 11.8 Å². The number of hydrogen-bond acceptors (Lipinski definition) is 5. The molecule has 3 rings (SSSR count). The highest BCUT2D eigenvalue weighted by Crippen LogP contribution is 2.17. The molecule has 0 radical (unpaired) electrons. The first kappa shape index (κ1) is 19.0. The van der Waals surface area contributed by atoms with E-state index in [0.29, 0.717) is 23.8 Å². The summed E-state index contributed by atoms with van der Waals surface area (Å²) in [6.45, 7) is 0.0849. The first-order valence-corrected chi connectivity index (χ1v) is 8.64. The zero-order chi connectivity index (χ0) is 19.6. The summed E-state index contributed by atoms with van der Waals surface area (Å²) in [5, 5.41) is 2.65. The van der Waals surface area contributed by atoms with Gasteiger partial charge in [-0.15, -0.1) is 0 Å². The van der Waals surface area contributed by atoms with Crippen molar-refractivity contribution in [2.24, 2.45) is 0 Å². The Hall–Kier alpha value is -3.80. The van der Waals surface area contributed by atoms with Crippen molar-refractivity contribution in [3.63, 3.8) is 0 Å². The molecule has 0 fully saturated rings. The maximum atomic E-state index is 11.9. The van der Waals surface area contributed by atoms with Crippen LogP contribution in [0.5, 0.6) is 5.75 Å². The summed E-state index contributed by atoms with van der Waals surface area (Å²) in [5.74, 6) is 0.154. The lowest BCUT2D eigenvalue weighted by molar-refractivity contribution is -0.142. The van der Waals surface area contributed by atoms with Gasteiger partial charge in [-0.25, -0.2) is 4.79 Å². The Morgan fingerprint density at radius 2 is 1.75 bits per heavy atom. The SMILES string of the molecule is O=C(COC(=O)/C=C/c1ccco1)Nc1ccc(OCc2ccccc2)cc1. The summed E-state index contributed by atoms with van der Waals surface area (Å²) in [5.41, 5.74) is 1.65. The quantitative estimate of drug-likeness (QED) is 0.473. The van der Waals surface area contributed by atoms with Gasteiger partial charge in [-0.3, -0.25) is 4.79 Å². The van der Waals surface area contributed by atoms with Gasteiger partial charge in [0.25, 0.3) is 5.91 Å². The molecule has 3 aromatic rings. The minimum Gasteiger partial charge on any atom is -0.489 e. The summed E-state index contributed by atoms with van der Waals surface area (Å²) in [7, 11) is 0. The van der Waals surface area contributed by atoms with E-state index in [-0.39, 0.29) is 6.61 Å². The summed E-state index contributed by atoms with van der Waals surface area (Å²) >= 11 is 0. The molecule has 1 N–H and O–H groups in total. The van der Waals surface area contributed by atoms with Gasteiger partial charge >= 0.3 is 5.97 Å². The Bertz CT molecular complexity index is 915. The van der Waals surface area contributed by atoms with E-state index in [4.69, 9.17) is 13.9 Å². The van der Waals surface area contributed by atoms with Gasteiger partial charge in [-0.1, -0.05) is 30.3 Å². The Balaban J connectivity index is 1.40. The number of amides is 1. The average molecular weight is 377 g/mol. The lowest BCUT2D eigenvalue weighted by atomic mass is 10.2. The highest BCUT2D eigenvalue weighted by molar-refractivity contribution is 5.94. The highest BCUT2D eigenvalue weighted by atomic mass is 16.5. The van der Waals surface area contributed by atoms with Gasteiger partial charge < -0.3 is 19.2 Å². The van der Waals surface area contributed by atoms with Crippen molar-refractivity contribution in [2.75, 3.05) is 11.9 Å². The highest BCUT2D eigenvalue weighted by Gasteiger charge is 2.06. The smallest absolute Gasteiger partial charge is 0.331 e. The monoisotopic (exact) mass is 377 g/mol. The second kappa shape index (κ2) is 9.78. The molecule has 142 valence electrons. The normalized spacial score (nSPS) is 10.6. The van der Waals surface area contributed by atoms with E-state index in [0.717, 1.165) is 5.56 Å². The molecule has 2 aromatic carbocycles. The molecule has 0 spiro atoms. The van der Waals surface area contributed by atoms with Crippen LogP contribution in [0.3, 0.4) is 0 Å². The number of nitrogens with one attached hydrogen (secondary N) is 1. The summed E-state index contributed by atoms with van der Waals surface area (Å²) in [4.78, 5) is 23.5. The Kier molecular flexibility index (Phi) is 6.62. The van der Waals surface area contributed by atoms with Crippen molar-refractivity contribution < 1.29 is 23.5 Å². The molecule has 0 aliphatic heterocycles. The first-order chi connectivity index (χ1) is 13.7. The first-order valence-electron chi connectivity index (χ1n) is 8.64. The van der Waals surface area contributed by atoms with E-state index < -0.39 is 11.9 Å². The molecule has 0 aliphatic rings. The fraction of sp³-hybridized carbons (Fsp3) is 0.0909. The molecular formula is C22H19NO5. The van der Waals surface area contributed by atoms with E-state index >= 15 is 0 Å². The maximum Gasteiger partial charge on any atom is 0.331 e. The number of anilines is 1. The van der Waals surface area contributed by atoms with Gasteiger partial charge in [0.05, 0.1) is 6.26 Å². The number of carbonyl (C=O) groups is 2. The number of furan rings is 1. The summed E-state index contributed by atoms with van der Waals surface area (Å²) < 4.78 is 15.6. The molecule has 1 heterocycles. The van der Waals surface area contributed by atoms with Gasteiger partial charge in [0.2, 0.25) is 0 Å². The summed E-state index contributed by atoms with van der Waals surface area (Å²) in [6.07, 6.45) is 4.16. The van der Waals surface area contributed by atoms with Crippen molar-refractivity contribution >= 4 is 23.6 Å². The third-order valence-corrected chi connectivity index (χ3v) is 3.66. The number of carbonyl (C=O) groups excluding carboxylic acids is 2. The minimum atomic E-state index is -0.629. The molecule has 0 atom stereocenters. The van der Waals surface area contributed by atoms with Gasteiger partial charge in [0.15, 0.2) is 6.61 Å². The van der Waals surface area contributed by atoms with Crippen LogP contribution in [-0.4, -0.2) is 18.5 Å². The second-order valence-corrected chi connectivity index (χ2v) is 5.80. The van der Waals surface area contributed by atoms with Crippen LogP contribution in [0.2, 0.25) is 0 Å². The van der Waals surface area contributed by atoms with Crippen molar-refractivity contribution in [2.45, 2.75) is 6.61 Å². The average Bonchev–Trinajstić information content (AvgIpc) is 3.25. The number of rotatable bonds is 8. The van der Waals surface area contributed by atoms with Crippen LogP contribution >= 0.6 is 0 Å². The topological polar surface area (TPSA) is 77.8 Å². The van der Waals surface area contributed by atoms with Crippen molar-refractivity contribution in [3.05, 3.63) is 90.4 Å². The van der Waals surface area contributed by atoms with Crippen LogP contribution in [0.1, 0.15) is 11.3 Å². The summed E-state index contributed by atoms with van der Waals surface area (Å²) in [6, 6.07) is 20.2. The van der Waals surface area contributed by atoms with E-state index in [1.807, 2.05) is 30.3 Å². The molecule has 6 heteroatoms. The third-order valence-electron chi connectivity index (χ3n) is 3.66. The van der Waals surface area contributed by atoms with Crippen LogP contribution in [0.25, 0.3) is 6.08 Å². The zero-order valence-corrected chi connectivity index (χ0v) is 15.0. The molecule has 1 amide bonds. The Morgan fingerprint density at radius 3 is 2.46 bits per heavy atom. The second-order valence-electron chi connectivity index (χ2n) is 5.80. The zero-order valence-electron chi connectivity index (χ0n) is 15.0. The molecule has 0 bridgehead atoms. The largest absolute Gasteiger partial charge is 0.489 e. The molecular weight excluding hydrogens is 358 g/mol. The van der Waals surface area contributed by atoms with Gasteiger partial charge in [-0.2, -0.15) is 0 Å². The van der Waals surface area contributed by atoms with E-state index in [9.17, 15) is 9.59 Å². The van der Waals surface area contributed by atoms with E-state index in [1.54, 1.807) is 36.4 Å². The van der Waals surface area contributed by atoms with Gasteiger partial charge in [-0.05, 0) is 48.0 Å². The standard InChI is InChI=1S/C22H19NO5/c24-21(16-28-22(25)13-12-19-7-4-14-26-19)23-18-8-10-20(11-9-18)27-15-17-5-2-1-3-6-17/h1-14H,15-16H2,(H,23,24)/b13-12+. The fourth-order valence-corrected chi connectivity index (χ4v) is 2.29. The van der Waals surface area contributed by atoms with Crippen molar-refractivity contribution in [1.82, 2.24) is 0 Å². The van der Waals surface area contributed by atoms with Crippen molar-refractivity contribution in [1.29, 1.82) is 0 Å². The number of hydrogen-bond donors (Lipinski definition) is 1. The van der Waals surface area contributed by atoms with Crippen LogP contribution in [0.15, 0.2) is 83.5 Å². The number of esters is 1. The molecule has 0 unspecified atom stereocenters. The molecule has 28 heavy (non-hydrogen) atoms. The van der Waals surface area contributed by atoms with E-state index in [2.05, 4.69) is 5.32 Å². The number of benzene rings is 2. The third kappa shape index (κ3) is 6.17. The molecule has 6 nitrogen and oxygen atoms in total. The predicted molar refractivity (Wildman–Crippen MR) is 105 cm³/mol. The number of ether oxygens (including phenoxy) is 2. The Labute approximate surface area is 162 Å². The van der Waals surface area contributed by atoms with Crippen LogP contribution in [-0.2, 0) is 20.9 Å². The lowest BCUT2D eigenvalue weighted by Gasteiger charge is -2.08. The fourth-order valence-electron chi connectivity index (χ4n) is 2.29. The molecule has 0 saturated heterocycles. The molecule has 1 aromatic heterocycles. The van der Waals surface area contributed by atoms with Crippen LogP contribution in [0.4, 0.5) is 5.69 Å². The lowest BCUT2D eigenvalue weighted by Crippen LogP contribution is -2.20. The van der Waals surface area contributed by atoms with E-state index in [1.165, 1.54) is 18.4 Å². The minimum absolute atomic E-state index is 0.381. The maximum absolute atomic E-state index is 11.9. The van der Waals surface area contributed by atoms with Crippen LogP contribution in [0, 0.1) is 0 Å².